The summed E-state index contributed by atoms with van der Waals surface area (Å²) in [6.45, 7) is 0. The first-order valence-corrected chi connectivity index (χ1v) is 8.86. The number of thiophene rings is 1. The molecule has 2 heterocycles. The van der Waals surface area contributed by atoms with Crippen LogP contribution in [0.5, 0.6) is 0 Å². The lowest BCUT2D eigenvalue weighted by molar-refractivity contribution is -0.122. The molecule has 25 heavy (non-hydrogen) atoms. The van der Waals surface area contributed by atoms with Crippen LogP contribution in [0.3, 0.4) is 0 Å². The molecule has 1 N–H and O–H groups in total. The van der Waals surface area contributed by atoms with Crippen LogP contribution in [0.25, 0.3) is 16.8 Å². The van der Waals surface area contributed by atoms with Crippen molar-refractivity contribution in [3.8, 4) is 0 Å². The van der Waals surface area contributed by atoms with Crippen molar-refractivity contribution >= 4 is 63.0 Å². The number of carbonyl (C=O) groups excluding carboxylic acids is 2. The van der Waals surface area contributed by atoms with E-state index in [4.69, 9.17) is 12.2 Å². The van der Waals surface area contributed by atoms with Gasteiger partial charge in [0.1, 0.15) is 5.57 Å². The topological polar surface area (TPSA) is 49.4 Å². The van der Waals surface area contributed by atoms with Gasteiger partial charge in [-0.15, -0.1) is 11.3 Å². The SMILES string of the molecule is O=C1NC(=S)N(c2cccc3ccccc23)C(=O)/C1=C/c1cccs1. The van der Waals surface area contributed by atoms with E-state index in [2.05, 4.69) is 5.32 Å². The first-order chi connectivity index (χ1) is 12.1. The molecule has 1 saturated heterocycles. The Morgan fingerprint density at radius 2 is 1.80 bits per heavy atom. The van der Waals surface area contributed by atoms with E-state index < -0.39 is 11.8 Å². The molecule has 122 valence electrons. The monoisotopic (exact) mass is 364 g/mol. The van der Waals surface area contributed by atoms with Crippen molar-refractivity contribution in [1.82, 2.24) is 5.32 Å². The molecule has 3 aromatic rings. The van der Waals surface area contributed by atoms with Crippen molar-refractivity contribution in [3.63, 3.8) is 0 Å². The maximum Gasteiger partial charge on any atom is 0.270 e. The van der Waals surface area contributed by atoms with Crippen LogP contribution in [-0.4, -0.2) is 16.9 Å². The number of fused-ring (bicyclic) bond motifs is 1. The molecule has 1 aliphatic rings. The molecule has 1 aliphatic heterocycles. The van der Waals surface area contributed by atoms with Gasteiger partial charge in [0.2, 0.25) is 0 Å². The molecule has 0 saturated carbocycles. The number of hydrogen-bond acceptors (Lipinski definition) is 4. The Morgan fingerprint density at radius 3 is 2.60 bits per heavy atom. The number of nitrogens with zero attached hydrogens (tertiary/aromatic N) is 1. The quantitative estimate of drug-likeness (QED) is 0.428. The van der Waals surface area contributed by atoms with E-state index >= 15 is 0 Å². The minimum atomic E-state index is -0.472. The molecule has 1 aromatic heterocycles. The maximum atomic E-state index is 13.0. The van der Waals surface area contributed by atoms with Gasteiger partial charge in [-0.1, -0.05) is 42.5 Å². The summed E-state index contributed by atoms with van der Waals surface area (Å²) in [4.78, 5) is 27.5. The predicted molar refractivity (Wildman–Crippen MR) is 104 cm³/mol. The highest BCUT2D eigenvalue weighted by molar-refractivity contribution is 7.80. The van der Waals surface area contributed by atoms with Crippen molar-refractivity contribution in [2.45, 2.75) is 0 Å². The van der Waals surface area contributed by atoms with Gasteiger partial charge < -0.3 is 0 Å². The number of amides is 2. The molecule has 4 rings (SSSR count). The second-order valence-electron chi connectivity index (χ2n) is 5.47. The van der Waals surface area contributed by atoms with Crippen LogP contribution in [0.1, 0.15) is 4.88 Å². The molecule has 6 heteroatoms. The first-order valence-electron chi connectivity index (χ1n) is 7.58. The van der Waals surface area contributed by atoms with Crippen LogP contribution in [-0.2, 0) is 9.59 Å². The molecular formula is C19H12N2O2S2. The Labute approximate surface area is 153 Å². The standard InChI is InChI=1S/C19H12N2O2S2/c22-17-15(11-13-7-4-10-25-13)18(23)21(19(24)20-17)16-9-3-6-12-5-1-2-8-14(12)16/h1-11H,(H,20,22,24)/b15-11+. The van der Waals surface area contributed by atoms with Crippen LogP contribution < -0.4 is 10.2 Å². The zero-order valence-corrected chi connectivity index (χ0v) is 14.6. The number of benzene rings is 2. The van der Waals surface area contributed by atoms with E-state index in [0.29, 0.717) is 5.69 Å². The molecule has 1 fully saturated rings. The number of rotatable bonds is 2. The molecule has 0 aliphatic carbocycles. The van der Waals surface area contributed by atoms with Gasteiger partial charge >= 0.3 is 0 Å². The van der Waals surface area contributed by atoms with E-state index in [1.807, 2.05) is 60.0 Å². The van der Waals surface area contributed by atoms with E-state index in [0.717, 1.165) is 15.6 Å². The van der Waals surface area contributed by atoms with Crippen LogP contribution in [0.15, 0.2) is 65.6 Å². The van der Waals surface area contributed by atoms with Crippen molar-refractivity contribution < 1.29 is 9.59 Å². The summed E-state index contributed by atoms with van der Waals surface area (Å²) in [5.74, 6) is -0.890. The molecule has 0 spiro atoms. The number of thiocarbonyl (C=S) groups is 1. The van der Waals surface area contributed by atoms with Gasteiger partial charge in [-0.05, 0) is 41.2 Å². The Balaban J connectivity index is 1.84. The van der Waals surface area contributed by atoms with Crippen molar-refractivity contribution in [2.75, 3.05) is 4.90 Å². The average molecular weight is 364 g/mol. The number of hydrogen-bond donors (Lipinski definition) is 1. The fourth-order valence-corrected chi connectivity index (χ4v) is 3.73. The second kappa shape index (κ2) is 6.23. The van der Waals surface area contributed by atoms with Crippen molar-refractivity contribution in [2.24, 2.45) is 0 Å². The molecule has 0 atom stereocenters. The zero-order chi connectivity index (χ0) is 17.4. The molecule has 0 radical (unpaired) electrons. The van der Waals surface area contributed by atoms with E-state index in [-0.39, 0.29) is 10.7 Å². The summed E-state index contributed by atoms with van der Waals surface area (Å²) in [5.41, 5.74) is 0.731. The first kappa shape index (κ1) is 15.7. The Bertz CT molecular complexity index is 1030. The van der Waals surface area contributed by atoms with Crippen molar-refractivity contribution in [1.29, 1.82) is 0 Å². The second-order valence-corrected chi connectivity index (χ2v) is 6.84. The van der Waals surface area contributed by atoms with Crippen LogP contribution in [0.2, 0.25) is 0 Å². The highest BCUT2D eigenvalue weighted by atomic mass is 32.1. The van der Waals surface area contributed by atoms with Gasteiger partial charge in [0.05, 0.1) is 5.69 Å². The molecule has 0 bridgehead atoms. The smallest absolute Gasteiger partial charge is 0.270 e. The fourth-order valence-electron chi connectivity index (χ4n) is 2.80. The molecule has 4 nitrogen and oxygen atoms in total. The fraction of sp³-hybridized carbons (Fsp3) is 0. The van der Waals surface area contributed by atoms with Gasteiger partial charge in [0, 0.05) is 10.3 Å². The van der Waals surface area contributed by atoms with Crippen LogP contribution in [0, 0.1) is 0 Å². The maximum absolute atomic E-state index is 13.0. The summed E-state index contributed by atoms with van der Waals surface area (Å²) in [7, 11) is 0. The summed E-state index contributed by atoms with van der Waals surface area (Å²) in [6, 6.07) is 17.1. The largest absolute Gasteiger partial charge is 0.298 e. The third-order valence-electron chi connectivity index (χ3n) is 3.94. The molecule has 2 aromatic carbocycles. The number of anilines is 1. The van der Waals surface area contributed by atoms with Gasteiger partial charge in [-0.2, -0.15) is 0 Å². The zero-order valence-electron chi connectivity index (χ0n) is 12.9. The molecule has 0 unspecified atom stereocenters. The highest BCUT2D eigenvalue weighted by Crippen LogP contribution is 2.30. The average Bonchev–Trinajstić information content (AvgIpc) is 3.12. The van der Waals surface area contributed by atoms with Crippen LogP contribution >= 0.6 is 23.6 Å². The van der Waals surface area contributed by atoms with Gasteiger partial charge in [0.15, 0.2) is 5.11 Å². The normalized spacial score (nSPS) is 16.6. The lowest BCUT2D eigenvalue weighted by Crippen LogP contribution is -2.54. The highest BCUT2D eigenvalue weighted by Gasteiger charge is 2.35. The molecule has 2 amide bonds. The van der Waals surface area contributed by atoms with E-state index in [1.165, 1.54) is 16.2 Å². The van der Waals surface area contributed by atoms with E-state index in [9.17, 15) is 9.59 Å². The van der Waals surface area contributed by atoms with Gasteiger partial charge in [0.25, 0.3) is 11.8 Å². The lowest BCUT2D eigenvalue weighted by atomic mass is 10.1. The van der Waals surface area contributed by atoms with Gasteiger partial charge in [-0.3, -0.25) is 19.8 Å². The Hall–Kier alpha value is -2.83. The Morgan fingerprint density at radius 1 is 1.00 bits per heavy atom. The third kappa shape index (κ3) is 2.75. The third-order valence-corrected chi connectivity index (χ3v) is 5.04. The van der Waals surface area contributed by atoms with Crippen molar-refractivity contribution in [3.05, 3.63) is 70.4 Å². The minimum Gasteiger partial charge on any atom is -0.298 e. The minimum absolute atomic E-state index is 0.0731. The summed E-state index contributed by atoms with van der Waals surface area (Å²) >= 11 is 6.74. The summed E-state index contributed by atoms with van der Waals surface area (Å²) < 4.78 is 0. The molecular weight excluding hydrogens is 352 g/mol. The Kier molecular flexibility index (Phi) is 3.91. The summed E-state index contributed by atoms with van der Waals surface area (Å²) in [5, 5.41) is 6.50. The number of nitrogens with one attached hydrogen (secondary N) is 1. The van der Waals surface area contributed by atoms with Crippen LogP contribution in [0.4, 0.5) is 5.69 Å². The number of carbonyl (C=O) groups is 2. The summed E-state index contributed by atoms with van der Waals surface area (Å²) in [6.07, 6.45) is 1.60. The predicted octanol–water partition coefficient (Wildman–Crippen LogP) is 3.73. The van der Waals surface area contributed by atoms with E-state index in [1.54, 1.807) is 6.08 Å². The lowest BCUT2D eigenvalue weighted by Gasteiger charge is -2.29. The van der Waals surface area contributed by atoms with Gasteiger partial charge in [-0.25, -0.2) is 0 Å².